The fourth-order valence-corrected chi connectivity index (χ4v) is 3.87. The van der Waals surface area contributed by atoms with Gasteiger partial charge in [-0.1, -0.05) is 12.1 Å². The van der Waals surface area contributed by atoms with E-state index in [2.05, 4.69) is 5.32 Å². The number of carbonyl (C=O) groups is 1. The van der Waals surface area contributed by atoms with Crippen LogP contribution in [0.1, 0.15) is 5.56 Å². The second-order valence-electron chi connectivity index (χ2n) is 6.69. The summed E-state index contributed by atoms with van der Waals surface area (Å²) >= 11 is 0. The van der Waals surface area contributed by atoms with E-state index >= 15 is 0 Å². The van der Waals surface area contributed by atoms with Gasteiger partial charge in [-0.3, -0.25) is 9.10 Å². The molecule has 0 spiro atoms. The van der Waals surface area contributed by atoms with Crippen molar-refractivity contribution in [3.8, 4) is 17.2 Å². The molecule has 0 aliphatic carbocycles. The van der Waals surface area contributed by atoms with Crippen molar-refractivity contribution in [1.82, 2.24) is 5.32 Å². The Morgan fingerprint density at radius 1 is 1.24 bits per heavy atom. The number of nitrogens with one attached hydrogen (secondary N) is 1. The van der Waals surface area contributed by atoms with Crippen LogP contribution in [-0.4, -0.2) is 53.5 Å². The third kappa shape index (κ3) is 5.11. The summed E-state index contributed by atoms with van der Waals surface area (Å²) in [6, 6.07) is 12.4. The molecule has 2 aromatic carbocycles. The Bertz CT molecular complexity index is 992. The zero-order valence-electron chi connectivity index (χ0n) is 16.5. The zero-order chi connectivity index (χ0) is 21.0. The SMILES string of the molecule is COc1cccc(OCCNC(=O)C2CN(S(C)(=O)=O)c3cc(C)ccc3O2)c1. The van der Waals surface area contributed by atoms with Gasteiger partial charge >= 0.3 is 0 Å². The third-order valence-corrected chi connectivity index (χ3v) is 5.53. The number of ether oxygens (including phenoxy) is 3. The van der Waals surface area contributed by atoms with Crippen LogP contribution < -0.4 is 23.8 Å². The highest BCUT2D eigenvalue weighted by Crippen LogP contribution is 2.35. The third-order valence-electron chi connectivity index (χ3n) is 4.39. The summed E-state index contributed by atoms with van der Waals surface area (Å²) in [7, 11) is -1.98. The molecular formula is C20H24N2O6S. The first-order valence-corrected chi connectivity index (χ1v) is 10.9. The maximum Gasteiger partial charge on any atom is 0.263 e. The smallest absolute Gasteiger partial charge is 0.263 e. The van der Waals surface area contributed by atoms with Crippen molar-refractivity contribution in [3.63, 3.8) is 0 Å². The van der Waals surface area contributed by atoms with Crippen molar-refractivity contribution in [3.05, 3.63) is 48.0 Å². The van der Waals surface area contributed by atoms with Crippen molar-refractivity contribution in [2.24, 2.45) is 0 Å². The molecule has 1 atom stereocenters. The van der Waals surface area contributed by atoms with Crippen molar-refractivity contribution in [2.45, 2.75) is 13.0 Å². The van der Waals surface area contributed by atoms with Gasteiger partial charge in [0.05, 0.1) is 32.1 Å². The normalized spacial score (nSPS) is 15.8. The summed E-state index contributed by atoms with van der Waals surface area (Å²) < 4.78 is 42.1. The molecule has 9 heteroatoms. The first-order chi connectivity index (χ1) is 13.8. The van der Waals surface area contributed by atoms with E-state index in [1.807, 2.05) is 25.1 Å². The van der Waals surface area contributed by atoms with E-state index in [1.54, 1.807) is 31.4 Å². The van der Waals surface area contributed by atoms with Crippen LogP contribution in [0.4, 0.5) is 5.69 Å². The molecule has 1 unspecified atom stereocenters. The minimum atomic E-state index is -3.55. The van der Waals surface area contributed by atoms with E-state index in [9.17, 15) is 13.2 Å². The van der Waals surface area contributed by atoms with Crippen LogP contribution in [0, 0.1) is 6.92 Å². The molecule has 0 aromatic heterocycles. The van der Waals surface area contributed by atoms with Crippen LogP contribution in [0.15, 0.2) is 42.5 Å². The van der Waals surface area contributed by atoms with Gasteiger partial charge in [0.25, 0.3) is 5.91 Å². The summed E-state index contributed by atoms with van der Waals surface area (Å²) in [4.78, 5) is 12.5. The Balaban J connectivity index is 1.60. The second-order valence-corrected chi connectivity index (χ2v) is 8.60. The highest BCUT2D eigenvalue weighted by atomic mass is 32.2. The summed E-state index contributed by atoms with van der Waals surface area (Å²) in [5, 5.41) is 2.72. The number of nitrogens with zero attached hydrogens (tertiary/aromatic N) is 1. The second kappa shape index (κ2) is 8.60. The number of aryl methyl sites for hydroxylation is 1. The molecule has 0 bridgehead atoms. The minimum Gasteiger partial charge on any atom is -0.497 e. The van der Waals surface area contributed by atoms with Crippen LogP contribution in [-0.2, 0) is 14.8 Å². The van der Waals surface area contributed by atoms with Gasteiger partial charge in [0.2, 0.25) is 10.0 Å². The van der Waals surface area contributed by atoms with Gasteiger partial charge in [0.15, 0.2) is 6.10 Å². The molecule has 29 heavy (non-hydrogen) atoms. The molecule has 0 saturated carbocycles. The Morgan fingerprint density at radius 2 is 2.00 bits per heavy atom. The number of rotatable bonds is 7. The number of amides is 1. The number of benzene rings is 2. The van der Waals surface area contributed by atoms with Gasteiger partial charge in [-0.25, -0.2) is 8.42 Å². The Morgan fingerprint density at radius 3 is 2.72 bits per heavy atom. The Hall–Kier alpha value is -2.94. The molecule has 156 valence electrons. The van der Waals surface area contributed by atoms with Crippen LogP contribution >= 0.6 is 0 Å². The van der Waals surface area contributed by atoms with E-state index in [1.165, 1.54) is 4.31 Å². The van der Waals surface area contributed by atoms with Gasteiger partial charge in [0, 0.05) is 6.07 Å². The molecular weight excluding hydrogens is 396 g/mol. The predicted molar refractivity (Wildman–Crippen MR) is 109 cm³/mol. The molecule has 3 rings (SSSR count). The van der Waals surface area contributed by atoms with Crippen LogP contribution in [0.25, 0.3) is 0 Å². The molecule has 2 aromatic rings. The molecule has 0 saturated heterocycles. The topological polar surface area (TPSA) is 94.2 Å². The molecule has 1 aliphatic heterocycles. The van der Waals surface area contributed by atoms with E-state index in [4.69, 9.17) is 14.2 Å². The highest BCUT2D eigenvalue weighted by molar-refractivity contribution is 7.92. The fourth-order valence-electron chi connectivity index (χ4n) is 2.96. The van der Waals surface area contributed by atoms with Gasteiger partial charge in [-0.05, 0) is 36.8 Å². The van der Waals surface area contributed by atoms with Gasteiger partial charge in [-0.2, -0.15) is 0 Å². The lowest BCUT2D eigenvalue weighted by Crippen LogP contribution is -2.51. The van der Waals surface area contributed by atoms with Crippen molar-refractivity contribution in [1.29, 1.82) is 0 Å². The first-order valence-electron chi connectivity index (χ1n) is 9.07. The molecule has 1 heterocycles. The maximum atomic E-state index is 12.5. The number of sulfonamides is 1. The largest absolute Gasteiger partial charge is 0.497 e. The lowest BCUT2D eigenvalue weighted by molar-refractivity contribution is -0.127. The van der Waals surface area contributed by atoms with Gasteiger partial charge < -0.3 is 19.5 Å². The number of anilines is 1. The Labute approximate surface area is 170 Å². The minimum absolute atomic E-state index is 0.0855. The van der Waals surface area contributed by atoms with Crippen LogP contribution in [0.5, 0.6) is 17.2 Å². The average molecular weight is 420 g/mol. The van der Waals surface area contributed by atoms with Crippen molar-refractivity contribution < 1.29 is 27.4 Å². The molecule has 1 aliphatic rings. The summed E-state index contributed by atoms with van der Waals surface area (Å²) in [5.41, 5.74) is 1.34. The molecule has 0 fully saturated rings. The van der Waals surface area contributed by atoms with Crippen LogP contribution in [0.3, 0.4) is 0 Å². The van der Waals surface area contributed by atoms with Crippen LogP contribution in [0.2, 0.25) is 0 Å². The van der Waals surface area contributed by atoms with Gasteiger partial charge in [0.1, 0.15) is 23.9 Å². The summed E-state index contributed by atoms with van der Waals surface area (Å²) in [6.07, 6.45) is 0.165. The molecule has 0 radical (unpaired) electrons. The van der Waals surface area contributed by atoms with E-state index in [0.717, 1.165) is 11.8 Å². The number of carbonyl (C=O) groups excluding carboxylic acids is 1. The number of methoxy groups -OCH3 is 1. The van der Waals surface area contributed by atoms with Crippen molar-refractivity contribution in [2.75, 3.05) is 37.4 Å². The number of hydrogen-bond donors (Lipinski definition) is 1. The lowest BCUT2D eigenvalue weighted by Gasteiger charge is -2.34. The molecule has 1 amide bonds. The van der Waals surface area contributed by atoms with Gasteiger partial charge in [-0.15, -0.1) is 0 Å². The zero-order valence-corrected chi connectivity index (χ0v) is 17.4. The lowest BCUT2D eigenvalue weighted by atomic mass is 10.1. The first kappa shape index (κ1) is 20.8. The average Bonchev–Trinajstić information content (AvgIpc) is 2.69. The number of fused-ring (bicyclic) bond motifs is 1. The quantitative estimate of drug-likeness (QED) is 0.686. The monoisotopic (exact) mass is 420 g/mol. The van der Waals surface area contributed by atoms with E-state index in [-0.39, 0.29) is 19.7 Å². The highest BCUT2D eigenvalue weighted by Gasteiger charge is 2.34. The summed E-state index contributed by atoms with van der Waals surface area (Å²) in [6.45, 7) is 2.27. The predicted octanol–water partition coefficient (Wildman–Crippen LogP) is 1.73. The molecule has 1 N–H and O–H groups in total. The summed E-state index contributed by atoms with van der Waals surface area (Å²) in [5.74, 6) is 1.26. The number of hydrogen-bond acceptors (Lipinski definition) is 6. The van der Waals surface area contributed by atoms with E-state index < -0.39 is 22.0 Å². The molecule has 8 nitrogen and oxygen atoms in total. The fraction of sp³-hybridized carbons (Fsp3) is 0.350. The standard InChI is InChI=1S/C20H24N2O6S/c1-14-7-8-18-17(11-14)22(29(3,24)25)13-19(28-18)20(23)21-9-10-27-16-6-4-5-15(12-16)26-2/h4-8,11-12,19H,9-10,13H2,1-3H3,(H,21,23). The Kier molecular flexibility index (Phi) is 6.17. The van der Waals surface area contributed by atoms with Crippen molar-refractivity contribution >= 4 is 21.6 Å². The maximum absolute atomic E-state index is 12.5. The van der Waals surface area contributed by atoms with E-state index in [0.29, 0.717) is 22.9 Å².